The Morgan fingerprint density at radius 2 is 1.35 bits per heavy atom. The van der Waals surface area contributed by atoms with Gasteiger partial charge in [0, 0.05) is 30.3 Å². The van der Waals surface area contributed by atoms with Gasteiger partial charge in [-0.2, -0.15) is 8.42 Å². The predicted octanol–water partition coefficient (Wildman–Crippen LogP) is 5.85. The summed E-state index contributed by atoms with van der Waals surface area (Å²) in [6, 6.07) is 15.2. The Labute approximate surface area is 222 Å². The summed E-state index contributed by atoms with van der Waals surface area (Å²) in [6.07, 6.45) is 1.06. The van der Waals surface area contributed by atoms with Gasteiger partial charge in [-0.1, -0.05) is 24.0 Å². The molecule has 1 amide bonds. The van der Waals surface area contributed by atoms with Crippen molar-refractivity contribution in [2.45, 2.75) is 71.7 Å². The highest BCUT2D eigenvalue weighted by molar-refractivity contribution is 7.86. The Balaban J connectivity index is 1.99. The molecule has 0 aromatic heterocycles. The van der Waals surface area contributed by atoms with E-state index in [1.807, 2.05) is 83.1 Å². The number of hydrogen-bond acceptors (Lipinski definition) is 6. The van der Waals surface area contributed by atoms with Gasteiger partial charge in [0.05, 0.1) is 24.1 Å². The number of rotatable bonds is 8. The number of carbonyl (C=O) groups excluding carboxylic acids is 1. The number of carbonyl (C=O) groups is 1. The van der Waals surface area contributed by atoms with Crippen LogP contribution in [0.1, 0.15) is 71.6 Å². The maximum absolute atomic E-state index is 12.2. The van der Waals surface area contributed by atoms with Gasteiger partial charge >= 0.3 is 6.09 Å². The summed E-state index contributed by atoms with van der Waals surface area (Å²) in [5.41, 5.74) is 1.42. The summed E-state index contributed by atoms with van der Waals surface area (Å²) in [6.45, 7) is 13.2. The molecule has 0 spiro atoms. The van der Waals surface area contributed by atoms with E-state index in [1.165, 1.54) is 4.90 Å². The van der Waals surface area contributed by atoms with Crippen LogP contribution >= 0.6 is 0 Å². The van der Waals surface area contributed by atoms with Gasteiger partial charge in [0.25, 0.3) is 10.1 Å². The Kier molecular flexibility index (Phi) is 9.58. The van der Waals surface area contributed by atoms with Gasteiger partial charge in [-0.3, -0.25) is 9.08 Å². The maximum Gasteiger partial charge on any atom is 0.414 e. The van der Waals surface area contributed by atoms with Crippen LogP contribution in [0.4, 0.5) is 10.5 Å². The first-order valence-electron chi connectivity index (χ1n) is 12.1. The highest BCUT2D eigenvalue weighted by atomic mass is 32.2. The summed E-state index contributed by atoms with van der Waals surface area (Å²) in [7, 11) is -1.86. The third kappa shape index (κ3) is 10.6. The van der Waals surface area contributed by atoms with Crippen molar-refractivity contribution in [3.8, 4) is 11.8 Å². The van der Waals surface area contributed by atoms with E-state index in [2.05, 4.69) is 11.8 Å². The van der Waals surface area contributed by atoms with E-state index in [0.29, 0.717) is 13.0 Å². The Hall–Kier alpha value is -2.86. The number of ether oxygens (including phenoxy) is 2. The molecule has 2 aromatic carbocycles. The minimum atomic E-state index is -3.54. The van der Waals surface area contributed by atoms with Crippen molar-refractivity contribution in [2.75, 3.05) is 24.8 Å². The van der Waals surface area contributed by atoms with E-state index in [-0.39, 0.29) is 0 Å². The van der Waals surface area contributed by atoms with Gasteiger partial charge < -0.3 is 9.47 Å². The van der Waals surface area contributed by atoms with Gasteiger partial charge in [0.2, 0.25) is 0 Å². The molecule has 0 aliphatic heterocycles. The fourth-order valence-electron chi connectivity index (χ4n) is 3.39. The largest absolute Gasteiger partial charge is 0.443 e. The fraction of sp³-hybridized carbons (Fsp3) is 0.483. The van der Waals surface area contributed by atoms with Crippen LogP contribution in [0, 0.1) is 11.8 Å². The van der Waals surface area contributed by atoms with Crippen LogP contribution in [-0.4, -0.2) is 45.6 Å². The molecule has 0 saturated carbocycles. The lowest BCUT2D eigenvalue weighted by Crippen LogP contribution is -2.34. The zero-order chi connectivity index (χ0) is 28.1. The zero-order valence-electron chi connectivity index (χ0n) is 23.3. The van der Waals surface area contributed by atoms with Crippen LogP contribution in [-0.2, 0) is 29.4 Å². The summed E-state index contributed by atoms with van der Waals surface area (Å²) >= 11 is 0. The molecule has 0 radical (unpaired) electrons. The second-order valence-corrected chi connectivity index (χ2v) is 12.6. The molecule has 0 bridgehead atoms. The minimum Gasteiger partial charge on any atom is -0.443 e. The Bertz CT molecular complexity index is 1230. The summed E-state index contributed by atoms with van der Waals surface area (Å²) in [4.78, 5) is 13.7. The van der Waals surface area contributed by atoms with Crippen molar-refractivity contribution in [2.24, 2.45) is 0 Å². The van der Waals surface area contributed by atoms with Crippen molar-refractivity contribution in [3.05, 3.63) is 65.2 Å². The zero-order valence-corrected chi connectivity index (χ0v) is 24.2. The second-order valence-electron chi connectivity index (χ2n) is 11.1. The normalized spacial score (nSPS) is 12.5. The van der Waals surface area contributed by atoms with Gasteiger partial charge in [0.15, 0.2) is 0 Å². The molecule has 2 aromatic rings. The van der Waals surface area contributed by atoms with Crippen molar-refractivity contribution in [1.29, 1.82) is 0 Å². The first-order valence-corrected chi connectivity index (χ1v) is 13.9. The van der Waals surface area contributed by atoms with Crippen molar-refractivity contribution in [3.63, 3.8) is 0 Å². The van der Waals surface area contributed by atoms with Crippen LogP contribution in [0.15, 0.2) is 48.5 Å². The lowest BCUT2D eigenvalue weighted by atomic mass is 9.96. The Morgan fingerprint density at radius 3 is 1.81 bits per heavy atom. The van der Waals surface area contributed by atoms with E-state index in [4.69, 9.17) is 13.7 Å². The third-order valence-corrected chi connectivity index (χ3v) is 6.15. The molecule has 202 valence electrons. The maximum atomic E-state index is 12.2. The standard InChI is InChI=1S/C29H39NO6S/c1-27(2,3)35-26(31)30(8)25-18-14-23(15-19-25)11-10-22-12-16-24(17-13-22)29(6,7)34-21-20-28(4,5)36-37(9,32)33/h12-19H,20-21H2,1-9H3. The quantitative estimate of drug-likeness (QED) is 0.315. The van der Waals surface area contributed by atoms with Gasteiger partial charge in [-0.25, -0.2) is 4.79 Å². The van der Waals surface area contributed by atoms with Crippen LogP contribution in [0.25, 0.3) is 0 Å². The van der Waals surface area contributed by atoms with Gasteiger partial charge in [-0.15, -0.1) is 0 Å². The van der Waals surface area contributed by atoms with Gasteiger partial charge in [-0.05, 0) is 90.4 Å². The van der Waals surface area contributed by atoms with E-state index < -0.39 is 33.0 Å². The molecule has 2 rings (SSSR count). The average molecular weight is 530 g/mol. The lowest BCUT2D eigenvalue weighted by molar-refractivity contribution is -0.0431. The van der Waals surface area contributed by atoms with Crippen LogP contribution < -0.4 is 4.90 Å². The number of benzene rings is 2. The molecule has 7 nitrogen and oxygen atoms in total. The first kappa shape index (κ1) is 30.4. The van der Waals surface area contributed by atoms with E-state index in [0.717, 1.165) is 28.6 Å². The predicted molar refractivity (Wildman–Crippen MR) is 147 cm³/mol. The van der Waals surface area contributed by atoms with Crippen LogP contribution in [0.2, 0.25) is 0 Å². The molecule has 0 aliphatic carbocycles. The number of amides is 1. The molecule has 0 fully saturated rings. The molecular formula is C29H39NO6S. The topological polar surface area (TPSA) is 82.1 Å². The van der Waals surface area contributed by atoms with E-state index in [9.17, 15) is 13.2 Å². The molecule has 8 heteroatoms. The number of hydrogen-bond donors (Lipinski definition) is 0. The third-order valence-electron chi connectivity index (χ3n) is 5.40. The van der Waals surface area contributed by atoms with E-state index in [1.54, 1.807) is 20.9 Å². The van der Waals surface area contributed by atoms with Crippen molar-refractivity contribution < 1.29 is 26.9 Å². The molecule has 0 aliphatic rings. The smallest absolute Gasteiger partial charge is 0.414 e. The number of nitrogens with zero attached hydrogens (tertiary/aromatic N) is 1. The van der Waals surface area contributed by atoms with E-state index >= 15 is 0 Å². The van der Waals surface area contributed by atoms with Crippen LogP contribution in [0.3, 0.4) is 0 Å². The minimum absolute atomic E-state index is 0.343. The average Bonchev–Trinajstić information content (AvgIpc) is 2.74. The first-order chi connectivity index (χ1) is 16.9. The molecule has 0 N–H and O–H groups in total. The fourth-order valence-corrected chi connectivity index (χ4v) is 4.29. The summed E-state index contributed by atoms with van der Waals surface area (Å²) in [5.74, 6) is 6.30. The Morgan fingerprint density at radius 1 is 0.865 bits per heavy atom. The van der Waals surface area contributed by atoms with Gasteiger partial charge in [0.1, 0.15) is 5.60 Å². The molecule has 37 heavy (non-hydrogen) atoms. The molecule has 0 atom stereocenters. The highest BCUT2D eigenvalue weighted by Crippen LogP contribution is 2.27. The highest BCUT2D eigenvalue weighted by Gasteiger charge is 2.27. The van der Waals surface area contributed by atoms with Crippen LogP contribution in [0.5, 0.6) is 0 Å². The molecule has 0 unspecified atom stereocenters. The second kappa shape index (κ2) is 11.7. The molecular weight excluding hydrogens is 490 g/mol. The lowest BCUT2D eigenvalue weighted by Gasteiger charge is -2.29. The van der Waals surface area contributed by atoms with Crippen molar-refractivity contribution >= 4 is 21.9 Å². The molecule has 0 saturated heterocycles. The monoisotopic (exact) mass is 529 g/mol. The van der Waals surface area contributed by atoms with Crippen molar-refractivity contribution in [1.82, 2.24) is 0 Å². The summed E-state index contributed by atoms with van der Waals surface area (Å²) < 4.78 is 39.4. The SMILES string of the molecule is CN(C(=O)OC(C)(C)C)c1ccc(C#Cc2ccc(C(C)(C)OCCC(C)(C)OS(C)(=O)=O)cc2)cc1. The number of anilines is 1. The molecule has 0 heterocycles. The summed E-state index contributed by atoms with van der Waals surface area (Å²) in [5, 5.41) is 0.